The van der Waals surface area contributed by atoms with Gasteiger partial charge in [-0.25, -0.2) is 0 Å². The Labute approximate surface area is 226 Å². The van der Waals surface area contributed by atoms with Crippen LogP contribution in [0.1, 0.15) is 95.1 Å². The first-order valence-electron chi connectivity index (χ1n) is 14.2. The van der Waals surface area contributed by atoms with Crippen LogP contribution in [0.5, 0.6) is 17.2 Å². The molecule has 2 N–H and O–H groups in total. The van der Waals surface area contributed by atoms with Crippen LogP contribution in [0.2, 0.25) is 0 Å². The fraction of sp³-hybridized carbons (Fsp3) is 0.500. The molecule has 2 aromatic carbocycles. The van der Waals surface area contributed by atoms with E-state index in [1.54, 1.807) is 12.1 Å². The van der Waals surface area contributed by atoms with E-state index < -0.39 is 5.92 Å². The Morgan fingerprint density at radius 1 is 1.03 bits per heavy atom. The second-order valence-corrected chi connectivity index (χ2v) is 10.5. The maximum atomic E-state index is 12.9. The predicted molar refractivity (Wildman–Crippen MR) is 148 cm³/mol. The number of carbonyl (C=O) groups excluding carboxylic acids is 1. The smallest absolute Gasteiger partial charge is 0.314 e. The van der Waals surface area contributed by atoms with Crippen LogP contribution < -0.4 is 19.9 Å². The first-order chi connectivity index (χ1) is 18.5. The molecule has 2 aliphatic rings. The summed E-state index contributed by atoms with van der Waals surface area (Å²) in [5.41, 5.74) is 8.21. The molecule has 1 saturated carbocycles. The third-order valence-corrected chi connectivity index (χ3v) is 7.79. The third-order valence-electron chi connectivity index (χ3n) is 7.79. The molecule has 4 rings (SSSR count). The van der Waals surface area contributed by atoms with Gasteiger partial charge in [0.1, 0.15) is 28.9 Å². The minimum atomic E-state index is -0.436. The molecular weight excluding hydrogens is 476 g/mol. The van der Waals surface area contributed by atoms with Crippen LogP contribution >= 0.6 is 0 Å². The summed E-state index contributed by atoms with van der Waals surface area (Å²) in [5, 5.41) is 9.96. The predicted octanol–water partition coefficient (Wildman–Crippen LogP) is 7.38. The van der Waals surface area contributed by atoms with E-state index in [-0.39, 0.29) is 17.8 Å². The second kappa shape index (κ2) is 13.4. The van der Waals surface area contributed by atoms with Gasteiger partial charge < -0.3 is 19.9 Å². The van der Waals surface area contributed by atoms with Crippen molar-refractivity contribution >= 4 is 5.97 Å². The maximum Gasteiger partial charge on any atom is 0.314 e. The van der Waals surface area contributed by atoms with Gasteiger partial charge in [0, 0.05) is 17.2 Å². The molecule has 1 heterocycles. The Morgan fingerprint density at radius 3 is 2.53 bits per heavy atom. The average Bonchev–Trinajstić information content (AvgIpc) is 2.94. The van der Waals surface area contributed by atoms with E-state index in [9.17, 15) is 10.1 Å². The fourth-order valence-electron chi connectivity index (χ4n) is 5.58. The summed E-state index contributed by atoms with van der Waals surface area (Å²) in [5.74, 6) is 1.75. The molecule has 1 atom stereocenters. The van der Waals surface area contributed by atoms with Gasteiger partial charge in [0.25, 0.3) is 0 Å². The Hall–Kier alpha value is -3.46. The minimum absolute atomic E-state index is 0.0552. The van der Waals surface area contributed by atoms with Crippen molar-refractivity contribution < 1.29 is 19.0 Å². The fourth-order valence-corrected chi connectivity index (χ4v) is 5.58. The van der Waals surface area contributed by atoms with Gasteiger partial charge in [-0.2, -0.15) is 5.26 Å². The highest BCUT2D eigenvalue weighted by Gasteiger charge is 2.33. The van der Waals surface area contributed by atoms with Crippen molar-refractivity contribution in [2.24, 2.45) is 17.6 Å². The Balaban J connectivity index is 1.52. The van der Waals surface area contributed by atoms with Gasteiger partial charge >= 0.3 is 5.97 Å². The number of fused-ring (bicyclic) bond motifs is 1. The largest absolute Gasteiger partial charge is 0.493 e. The summed E-state index contributed by atoms with van der Waals surface area (Å²) in [6.07, 6.45) is 10.9. The summed E-state index contributed by atoms with van der Waals surface area (Å²) in [6.45, 7) is 4.99. The second-order valence-electron chi connectivity index (χ2n) is 10.5. The lowest BCUT2D eigenvalue weighted by molar-refractivity contribution is -0.140. The topological polar surface area (TPSA) is 94.6 Å². The van der Waals surface area contributed by atoms with Gasteiger partial charge in [-0.05, 0) is 50.2 Å². The van der Waals surface area contributed by atoms with E-state index in [4.69, 9.17) is 19.9 Å². The molecule has 1 fully saturated rings. The molecule has 0 amide bonds. The molecule has 0 spiro atoms. The van der Waals surface area contributed by atoms with E-state index in [0.717, 1.165) is 67.7 Å². The van der Waals surface area contributed by atoms with Gasteiger partial charge in [0.15, 0.2) is 0 Å². The van der Waals surface area contributed by atoms with Crippen LogP contribution in [0.15, 0.2) is 53.9 Å². The zero-order chi connectivity index (χ0) is 26.9. The van der Waals surface area contributed by atoms with E-state index in [1.165, 1.54) is 19.3 Å². The number of nitriles is 1. The van der Waals surface area contributed by atoms with E-state index in [2.05, 4.69) is 19.9 Å². The molecule has 6 heteroatoms. The molecule has 0 aromatic heterocycles. The Bertz CT molecular complexity index is 1170. The van der Waals surface area contributed by atoms with Gasteiger partial charge in [0.2, 0.25) is 5.88 Å². The quantitative estimate of drug-likeness (QED) is 0.190. The number of rotatable bonds is 11. The van der Waals surface area contributed by atoms with Crippen molar-refractivity contribution in [2.45, 2.75) is 84.0 Å². The zero-order valence-electron chi connectivity index (χ0n) is 22.7. The lowest BCUT2D eigenvalue weighted by Crippen LogP contribution is -2.26. The molecule has 38 heavy (non-hydrogen) atoms. The normalized spacial score (nSPS) is 20.7. The summed E-state index contributed by atoms with van der Waals surface area (Å²) in [4.78, 5) is 12.9. The van der Waals surface area contributed by atoms with Crippen LogP contribution in [0.3, 0.4) is 0 Å². The van der Waals surface area contributed by atoms with Gasteiger partial charge in [-0.3, -0.25) is 4.79 Å². The number of para-hydroxylation sites is 1. The molecule has 0 saturated heterocycles. The first-order valence-corrected chi connectivity index (χ1v) is 14.2. The number of nitrogens with two attached hydrogens (primary N) is 1. The number of esters is 1. The molecule has 1 aliphatic carbocycles. The highest BCUT2D eigenvalue weighted by molar-refractivity contribution is 5.75. The van der Waals surface area contributed by atoms with Gasteiger partial charge in [-0.15, -0.1) is 0 Å². The van der Waals surface area contributed by atoms with Crippen LogP contribution in [-0.4, -0.2) is 12.6 Å². The highest BCUT2D eigenvalue weighted by atomic mass is 16.5. The van der Waals surface area contributed by atoms with Crippen molar-refractivity contribution in [3.05, 3.63) is 65.0 Å². The van der Waals surface area contributed by atoms with Gasteiger partial charge in [0.05, 0.1) is 18.4 Å². The standard InChI is InChI=1S/C32H40N2O4/c1-3-5-9-19-36-28-12-8-7-11-25(28)30-26-18-17-24(20-29(26)38-31(34)27(30)21-33)37-32(35)23-15-13-22(14-16-23)10-6-4-2/h7-8,11-12,17-18,20,22-23,30H,3-6,9-10,13-16,19,34H2,1-2H3. The summed E-state index contributed by atoms with van der Waals surface area (Å²) >= 11 is 0. The van der Waals surface area contributed by atoms with E-state index in [1.807, 2.05) is 30.3 Å². The monoisotopic (exact) mass is 516 g/mol. The zero-order valence-corrected chi connectivity index (χ0v) is 22.7. The molecule has 0 radical (unpaired) electrons. The van der Waals surface area contributed by atoms with Crippen LogP contribution in [-0.2, 0) is 4.79 Å². The van der Waals surface area contributed by atoms with E-state index >= 15 is 0 Å². The number of ether oxygens (including phenoxy) is 3. The van der Waals surface area contributed by atoms with Crippen LogP contribution in [0, 0.1) is 23.2 Å². The van der Waals surface area contributed by atoms with Crippen molar-refractivity contribution in [1.82, 2.24) is 0 Å². The van der Waals surface area contributed by atoms with Crippen molar-refractivity contribution in [3.63, 3.8) is 0 Å². The van der Waals surface area contributed by atoms with Crippen LogP contribution in [0.4, 0.5) is 0 Å². The first kappa shape index (κ1) is 27.6. The third kappa shape index (κ3) is 6.51. The highest BCUT2D eigenvalue weighted by Crippen LogP contribution is 2.46. The number of unbranched alkanes of at least 4 members (excludes halogenated alkanes) is 3. The molecule has 0 bridgehead atoms. The number of benzene rings is 2. The Morgan fingerprint density at radius 2 is 1.79 bits per heavy atom. The number of hydrogen-bond donors (Lipinski definition) is 1. The molecule has 2 aromatic rings. The maximum absolute atomic E-state index is 12.9. The number of carbonyl (C=O) groups is 1. The van der Waals surface area contributed by atoms with Crippen molar-refractivity contribution in [1.29, 1.82) is 5.26 Å². The van der Waals surface area contributed by atoms with Gasteiger partial charge in [-0.1, -0.05) is 70.2 Å². The molecule has 6 nitrogen and oxygen atoms in total. The summed E-state index contributed by atoms with van der Waals surface area (Å²) in [6, 6.07) is 15.3. The van der Waals surface area contributed by atoms with Crippen LogP contribution in [0.25, 0.3) is 0 Å². The molecule has 1 aliphatic heterocycles. The number of allylic oxidation sites excluding steroid dienone is 1. The lowest BCUT2D eigenvalue weighted by Gasteiger charge is -2.28. The molecule has 1 unspecified atom stereocenters. The molecular formula is C32H40N2O4. The average molecular weight is 517 g/mol. The van der Waals surface area contributed by atoms with Crippen molar-refractivity contribution in [2.75, 3.05) is 6.61 Å². The number of hydrogen-bond acceptors (Lipinski definition) is 6. The van der Waals surface area contributed by atoms with E-state index in [0.29, 0.717) is 23.7 Å². The minimum Gasteiger partial charge on any atom is -0.493 e. The summed E-state index contributed by atoms with van der Waals surface area (Å²) in [7, 11) is 0. The SMILES string of the molecule is CCCCCOc1ccccc1C1C(C#N)=C(N)Oc2cc(OC(=O)C3CCC(CCCC)CC3)ccc21. The van der Waals surface area contributed by atoms with Crippen molar-refractivity contribution in [3.8, 4) is 23.3 Å². The Kier molecular flexibility index (Phi) is 9.70. The molecule has 202 valence electrons. The lowest BCUT2D eigenvalue weighted by atomic mass is 9.80. The number of nitrogens with zero attached hydrogens (tertiary/aromatic N) is 1. The summed E-state index contributed by atoms with van der Waals surface area (Å²) < 4.78 is 17.8.